The van der Waals surface area contributed by atoms with E-state index in [0.717, 1.165) is 44.2 Å². The van der Waals surface area contributed by atoms with Crippen molar-refractivity contribution in [1.82, 2.24) is 14.6 Å². The molecule has 8 nitrogen and oxygen atoms in total. The van der Waals surface area contributed by atoms with Gasteiger partial charge >= 0.3 is 12.2 Å². The number of hydrogen-bond donors (Lipinski definition) is 1. The molecule has 1 atom stereocenters. The fourth-order valence-corrected chi connectivity index (χ4v) is 7.00. The van der Waals surface area contributed by atoms with Crippen molar-refractivity contribution in [2.75, 3.05) is 18.0 Å². The van der Waals surface area contributed by atoms with Gasteiger partial charge in [-0.2, -0.15) is 13.2 Å². The van der Waals surface area contributed by atoms with Gasteiger partial charge in [0.2, 0.25) is 0 Å². The predicted molar refractivity (Wildman–Crippen MR) is 132 cm³/mol. The summed E-state index contributed by atoms with van der Waals surface area (Å²) in [6, 6.07) is 7.01. The summed E-state index contributed by atoms with van der Waals surface area (Å²) in [7, 11) is -4.17. The van der Waals surface area contributed by atoms with Crippen molar-refractivity contribution in [1.29, 1.82) is 0 Å². The minimum atomic E-state index is -4.65. The third kappa shape index (κ3) is 4.89. The summed E-state index contributed by atoms with van der Waals surface area (Å²) in [5.41, 5.74) is -1.34. The molecular formula is C25H28F3N5O3S. The first-order chi connectivity index (χ1) is 17.6. The number of sulfonamides is 1. The number of benzene rings is 1. The van der Waals surface area contributed by atoms with Gasteiger partial charge in [-0.3, -0.25) is 20.2 Å². The lowest BCUT2D eigenvalue weighted by molar-refractivity contribution is -0.137. The average Bonchev–Trinajstić information content (AvgIpc) is 3.14. The number of aromatic nitrogens is 1. The van der Waals surface area contributed by atoms with Gasteiger partial charge in [-0.1, -0.05) is 29.5 Å². The first-order valence-corrected chi connectivity index (χ1v) is 13.8. The smallest absolute Gasteiger partial charge is 0.416 e. The summed E-state index contributed by atoms with van der Waals surface area (Å²) in [4.78, 5) is 23.5. The number of carbonyl (C=O) groups excluding carboxylic acids is 1. The van der Waals surface area contributed by atoms with Crippen LogP contribution in [0.15, 0.2) is 58.7 Å². The van der Waals surface area contributed by atoms with Crippen LogP contribution in [0.2, 0.25) is 0 Å². The van der Waals surface area contributed by atoms with Crippen LogP contribution in [0, 0.1) is 0 Å². The number of halogens is 3. The number of nitrogens with zero attached hydrogens (tertiary/aromatic N) is 4. The molecule has 1 aromatic heterocycles. The van der Waals surface area contributed by atoms with E-state index in [0.29, 0.717) is 17.6 Å². The second kappa shape index (κ2) is 9.80. The van der Waals surface area contributed by atoms with Crippen LogP contribution >= 0.6 is 0 Å². The maximum absolute atomic E-state index is 13.3. The van der Waals surface area contributed by atoms with Crippen molar-refractivity contribution in [3.05, 3.63) is 54.4 Å². The number of amidine groups is 1. The molecule has 3 fully saturated rings. The van der Waals surface area contributed by atoms with Gasteiger partial charge < -0.3 is 4.55 Å². The van der Waals surface area contributed by atoms with E-state index in [4.69, 9.17) is 4.99 Å². The number of anilines is 1. The highest BCUT2D eigenvalue weighted by Crippen LogP contribution is 2.41. The van der Waals surface area contributed by atoms with Crippen LogP contribution in [0.3, 0.4) is 0 Å². The lowest BCUT2D eigenvalue weighted by Crippen LogP contribution is -2.58. The molecule has 3 aliphatic rings. The minimum Gasteiger partial charge on any atom is -0.593 e. The Hall–Kier alpha value is -2.83. The van der Waals surface area contributed by atoms with E-state index in [2.05, 4.69) is 10.3 Å². The van der Waals surface area contributed by atoms with Gasteiger partial charge in [0.25, 0.3) is 0 Å². The number of amides is 2. The lowest BCUT2D eigenvalue weighted by Gasteiger charge is -2.43. The van der Waals surface area contributed by atoms with Gasteiger partial charge in [0.1, 0.15) is 11.4 Å². The molecule has 1 aromatic carbocycles. The van der Waals surface area contributed by atoms with E-state index in [9.17, 15) is 26.7 Å². The topological polar surface area (TPSA) is 101 Å². The molecule has 1 saturated carbocycles. The van der Waals surface area contributed by atoms with Gasteiger partial charge in [0.05, 0.1) is 23.5 Å². The first-order valence-electron chi connectivity index (χ1n) is 12.4. The predicted octanol–water partition coefficient (Wildman–Crippen LogP) is 4.80. The molecule has 12 heteroatoms. The van der Waals surface area contributed by atoms with Gasteiger partial charge in [0.15, 0.2) is 15.3 Å². The molecule has 2 aliphatic heterocycles. The van der Waals surface area contributed by atoms with E-state index >= 15 is 0 Å². The average molecular weight is 536 g/mol. The molecule has 2 saturated heterocycles. The quantitative estimate of drug-likeness (QED) is 0.569. The molecule has 198 valence electrons. The maximum atomic E-state index is 13.3. The molecule has 5 rings (SSSR count). The van der Waals surface area contributed by atoms with Crippen LogP contribution in [0.5, 0.6) is 0 Å². The highest BCUT2D eigenvalue weighted by molar-refractivity contribution is 7.95. The molecule has 1 unspecified atom stereocenters. The summed E-state index contributed by atoms with van der Waals surface area (Å²) >= 11 is 0. The van der Waals surface area contributed by atoms with Crippen LogP contribution in [0.25, 0.3) is 0 Å². The third-order valence-electron chi connectivity index (χ3n) is 7.44. The number of pyridine rings is 1. The Morgan fingerprint density at radius 2 is 1.84 bits per heavy atom. The van der Waals surface area contributed by atoms with Gasteiger partial charge in [-0.25, -0.2) is 4.79 Å². The SMILES string of the molecule is O=C1NC(=NC2CCCCC2)C2(CCN([S+](=O)([O-])c3cccc(C(F)(F)F)c3)CC2)N1c1cccnc1. The molecule has 1 N–H and O–H groups in total. The maximum Gasteiger partial charge on any atom is 0.416 e. The number of nitrogens with one attached hydrogen (secondary N) is 1. The molecule has 1 spiro atoms. The van der Waals surface area contributed by atoms with Crippen molar-refractivity contribution >= 4 is 28.0 Å². The van der Waals surface area contributed by atoms with Crippen molar-refractivity contribution < 1.29 is 26.7 Å². The molecule has 2 aromatic rings. The van der Waals surface area contributed by atoms with Crippen LogP contribution in [0.1, 0.15) is 50.5 Å². The number of piperidine rings is 1. The van der Waals surface area contributed by atoms with Crippen molar-refractivity contribution in [2.45, 2.75) is 67.6 Å². The monoisotopic (exact) mass is 535 g/mol. The van der Waals surface area contributed by atoms with Gasteiger partial charge in [0, 0.05) is 25.4 Å². The highest BCUT2D eigenvalue weighted by Gasteiger charge is 2.55. The summed E-state index contributed by atoms with van der Waals surface area (Å²) in [5.74, 6) is 0.532. The van der Waals surface area contributed by atoms with Crippen LogP contribution in [-0.2, 0) is 20.8 Å². The second-order valence-electron chi connectivity index (χ2n) is 9.71. The van der Waals surface area contributed by atoms with E-state index in [1.807, 2.05) is 0 Å². The zero-order valence-corrected chi connectivity index (χ0v) is 20.9. The number of aliphatic imine (C=N–C) groups is 1. The molecule has 37 heavy (non-hydrogen) atoms. The fraction of sp³-hybridized carbons (Fsp3) is 0.480. The largest absolute Gasteiger partial charge is 0.593 e. The van der Waals surface area contributed by atoms with Crippen LogP contribution in [0.4, 0.5) is 23.7 Å². The van der Waals surface area contributed by atoms with Crippen molar-refractivity contribution in [3.63, 3.8) is 0 Å². The van der Waals surface area contributed by atoms with Gasteiger partial charge in [-0.15, -0.1) is 4.31 Å². The Balaban J connectivity index is 1.45. The Kier molecular flexibility index (Phi) is 6.84. The highest BCUT2D eigenvalue weighted by atomic mass is 32.3. The molecule has 3 heterocycles. The van der Waals surface area contributed by atoms with Crippen LogP contribution in [-0.4, -0.2) is 50.4 Å². The summed E-state index contributed by atoms with van der Waals surface area (Å²) in [6.07, 6.45) is 4.16. The van der Waals surface area contributed by atoms with E-state index in [1.54, 1.807) is 29.4 Å². The molecule has 0 bridgehead atoms. The zero-order valence-electron chi connectivity index (χ0n) is 20.1. The lowest BCUT2D eigenvalue weighted by atomic mass is 9.85. The Morgan fingerprint density at radius 3 is 2.49 bits per heavy atom. The van der Waals surface area contributed by atoms with E-state index in [-0.39, 0.29) is 38.0 Å². The minimum absolute atomic E-state index is 0.0218. The number of urea groups is 1. The number of carbonyl (C=O) groups is 1. The van der Waals surface area contributed by atoms with E-state index < -0.39 is 32.6 Å². The zero-order chi connectivity index (χ0) is 26.3. The normalized spacial score (nSPS) is 23.8. The molecular weight excluding hydrogens is 507 g/mol. The van der Waals surface area contributed by atoms with Crippen LogP contribution < -0.4 is 10.2 Å². The Morgan fingerprint density at radius 1 is 1.11 bits per heavy atom. The number of hydrogen-bond acceptors (Lipinski definition) is 5. The molecule has 0 radical (unpaired) electrons. The van der Waals surface area contributed by atoms with Crippen molar-refractivity contribution in [3.8, 4) is 0 Å². The van der Waals surface area contributed by atoms with Crippen molar-refractivity contribution in [2.24, 2.45) is 4.99 Å². The third-order valence-corrected chi connectivity index (χ3v) is 9.33. The number of alkyl halides is 3. The summed E-state index contributed by atoms with van der Waals surface area (Å²) in [5, 5.41) is 2.94. The standard InChI is InChI=1S/C25H28F3N5O3S/c26-25(27,28)18-6-4-10-21(16-18)37(35,36)32-14-11-24(12-15-32)22(30-19-7-2-1-3-8-19)31-23(34)33(24)20-9-5-13-29-17-20/h4-6,9-10,13,16-17,19H,1-3,7-8,11-12,14-15H2,(H-,30,31,34,35,36). The fourth-order valence-electron chi connectivity index (χ4n) is 5.51. The molecule has 2 amide bonds. The van der Waals surface area contributed by atoms with E-state index in [1.165, 1.54) is 10.4 Å². The first kappa shape index (κ1) is 25.8. The Labute approximate surface area is 214 Å². The second-order valence-corrected chi connectivity index (χ2v) is 11.6. The molecule has 1 aliphatic carbocycles. The Bertz CT molecular complexity index is 1230. The number of rotatable bonds is 4. The summed E-state index contributed by atoms with van der Waals surface area (Å²) < 4.78 is 67.4. The van der Waals surface area contributed by atoms with Gasteiger partial charge in [-0.05, 0) is 49.9 Å². The summed E-state index contributed by atoms with van der Waals surface area (Å²) in [6.45, 7) is 0.0436.